The summed E-state index contributed by atoms with van der Waals surface area (Å²) in [5, 5.41) is 3.58. The minimum Gasteiger partial charge on any atom is -0.375 e. The van der Waals surface area contributed by atoms with Crippen LogP contribution in [0.1, 0.15) is 58.1 Å². The van der Waals surface area contributed by atoms with Crippen LogP contribution in [-0.2, 0) is 4.74 Å². The lowest BCUT2D eigenvalue weighted by Crippen LogP contribution is -2.47. The van der Waals surface area contributed by atoms with E-state index < -0.39 is 0 Å². The van der Waals surface area contributed by atoms with Crippen LogP contribution in [0.3, 0.4) is 0 Å². The molecular formula is C17H26FNO. The first kappa shape index (κ1) is 15.5. The van der Waals surface area contributed by atoms with E-state index in [-0.39, 0.29) is 17.5 Å². The summed E-state index contributed by atoms with van der Waals surface area (Å²) in [6.07, 6.45) is 4.09. The van der Waals surface area contributed by atoms with Crippen molar-refractivity contribution in [2.75, 3.05) is 6.61 Å². The topological polar surface area (TPSA) is 21.3 Å². The second-order valence-electron chi connectivity index (χ2n) is 5.84. The Kier molecular flexibility index (Phi) is 5.17. The number of nitrogens with one attached hydrogen (secondary N) is 1. The smallest absolute Gasteiger partial charge is 0.127 e. The monoisotopic (exact) mass is 279 g/mol. The van der Waals surface area contributed by atoms with E-state index in [0.717, 1.165) is 37.9 Å². The van der Waals surface area contributed by atoms with Gasteiger partial charge in [0.15, 0.2) is 0 Å². The summed E-state index contributed by atoms with van der Waals surface area (Å²) < 4.78 is 19.8. The Morgan fingerprint density at radius 3 is 2.70 bits per heavy atom. The van der Waals surface area contributed by atoms with Gasteiger partial charge in [0.1, 0.15) is 5.82 Å². The number of rotatable bonds is 5. The van der Waals surface area contributed by atoms with Crippen LogP contribution in [0, 0.1) is 5.82 Å². The quantitative estimate of drug-likeness (QED) is 0.871. The molecule has 20 heavy (non-hydrogen) atoms. The first-order chi connectivity index (χ1) is 9.60. The van der Waals surface area contributed by atoms with Crippen molar-refractivity contribution in [2.45, 2.75) is 64.1 Å². The second-order valence-corrected chi connectivity index (χ2v) is 5.84. The Balaban J connectivity index is 2.01. The van der Waals surface area contributed by atoms with E-state index in [2.05, 4.69) is 19.2 Å². The molecule has 1 saturated heterocycles. The van der Waals surface area contributed by atoms with Crippen LogP contribution >= 0.6 is 0 Å². The number of benzene rings is 1. The van der Waals surface area contributed by atoms with Gasteiger partial charge in [0.25, 0.3) is 0 Å². The minimum absolute atomic E-state index is 0.00483. The lowest BCUT2D eigenvalue weighted by Gasteiger charge is -2.41. The number of hydrogen-bond acceptors (Lipinski definition) is 2. The molecule has 0 aromatic heterocycles. The van der Waals surface area contributed by atoms with Crippen molar-refractivity contribution >= 4 is 0 Å². The molecule has 0 bridgehead atoms. The molecule has 2 nitrogen and oxygen atoms in total. The summed E-state index contributed by atoms with van der Waals surface area (Å²) in [4.78, 5) is 0. The van der Waals surface area contributed by atoms with Crippen LogP contribution < -0.4 is 5.32 Å². The van der Waals surface area contributed by atoms with Gasteiger partial charge in [0.2, 0.25) is 0 Å². The van der Waals surface area contributed by atoms with E-state index in [4.69, 9.17) is 4.74 Å². The van der Waals surface area contributed by atoms with Gasteiger partial charge in [-0.1, -0.05) is 32.0 Å². The predicted octanol–water partition coefficient (Wildman–Crippen LogP) is 4.21. The Labute approximate surface area is 121 Å². The first-order valence-electron chi connectivity index (χ1n) is 7.74. The molecule has 1 fully saturated rings. The fraction of sp³-hybridized carbons (Fsp3) is 0.647. The van der Waals surface area contributed by atoms with Crippen molar-refractivity contribution < 1.29 is 9.13 Å². The van der Waals surface area contributed by atoms with Crippen LogP contribution in [0.15, 0.2) is 24.3 Å². The van der Waals surface area contributed by atoms with Gasteiger partial charge in [0, 0.05) is 24.3 Å². The summed E-state index contributed by atoms with van der Waals surface area (Å²) in [6, 6.07) is 7.45. The van der Waals surface area contributed by atoms with Crippen molar-refractivity contribution in [2.24, 2.45) is 0 Å². The summed E-state index contributed by atoms with van der Waals surface area (Å²) >= 11 is 0. The highest BCUT2D eigenvalue weighted by Gasteiger charge is 2.34. The Bertz CT molecular complexity index is 431. The maximum absolute atomic E-state index is 13.8. The molecule has 2 unspecified atom stereocenters. The third-order valence-electron chi connectivity index (χ3n) is 4.64. The molecule has 0 amide bonds. The predicted molar refractivity (Wildman–Crippen MR) is 80.2 cm³/mol. The van der Waals surface area contributed by atoms with Gasteiger partial charge >= 0.3 is 0 Å². The molecule has 1 N–H and O–H groups in total. The third kappa shape index (κ3) is 3.39. The molecule has 0 radical (unpaired) electrons. The molecule has 1 heterocycles. The molecule has 0 saturated carbocycles. The fourth-order valence-electron chi connectivity index (χ4n) is 3.18. The Morgan fingerprint density at radius 1 is 1.35 bits per heavy atom. The molecular weight excluding hydrogens is 253 g/mol. The van der Waals surface area contributed by atoms with Crippen molar-refractivity contribution in [3.05, 3.63) is 35.6 Å². The van der Waals surface area contributed by atoms with E-state index in [1.165, 1.54) is 6.07 Å². The van der Waals surface area contributed by atoms with Gasteiger partial charge in [-0.05, 0) is 38.7 Å². The highest BCUT2D eigenvalue weighted by atomic mass is 19.1. The van der Waals surface area contributed by atoms with Crippen LogP contribution in [-0.4, -0.2) is 18.2 Å². The van der Waals surface area contributed by atoms with Crippen molar-refractivity contribution in [3.8, 4) is 0 Å². The average molecular weight is 279 g/mol. The van der Waals surface area contributed by atoms with Crippen LogP contribution in [0.25, 0.3) is 0 Å². The van der Waals surface area contributed by atoms with Crippen LogP contribution in [0.5, 0.6) is 0 Å². The number of halogens is 1. The van der Waals surface area contributed by atoms with Gasteiger partial charge in [-0.2, -0.15) is 0 Å². The highest BCUT2D eigenvalue weighted by molar-refractivity contribution is 5.20. The number of ether oxygens (including phenoxy) is 1. The lowest BCUT2D eigenvalue weighted by molar-refractivity contribution is -0.0940. The molecule has 1 aliphatic rings. The maximum Gasteiger partial charge on any atom is 0.127 e. The van der Waals surface area contributed by atoms with E-state index >= 15 is 0 Å². The molecule has 1 aromatic carbocycles. The molecule has 1 aliphatic heterocycles. The zero-order valence-electron chi connectivity index (χ0n) is 12.8. The van der Waals surface area contributed by atoms with E-state index in [0.29, 0.717) is 6.04 Å². The average Bonchev–Trinajstić information content (AvgIpc) is 2.47. The lowest BCUT2D eigenvalue weighted by atomic mass is 9.85. The Hall–Kier alpha value is -0.930. The van der Waals surface area contributed by atoms with Gasteiger partial charge < -0.3 is 10.1 Å². The minimum atomic E-state index is -0.128. The normalized spacial score (nSPS) is 23.5. The molecule has 1 aromatic rings. The van der Waals surface area contributed by atoms with Crippen molar-refractivity contribution in [3.63, 3.8) is 0 Å². The third-order valence-corrected chi connectivity index (χ3v) is 4.64. The van der Waals surface area contributed by atoms with E-state index in [1.807, 2.05) is 19.1 Å². The van der Waals surface area contributed by atoms with Gasteiger partial charge in [-0.25, -0.2) is 4.39 Å². The largest absolute Gasteiger partial charge is 0.375 e. The summed E-state index contributed by atoms with van der Waals surface area (Å²) in [5.41, 5.74) is 0.753. The molecule has 112 valence electrons. The Morgan fingerprint density at radius 2 is 2.05 bits per heavy atom. The van der Waals surface area contributed by atoms with Crippen molar-refractivity contribution in [1.29, 1.82) is 0 Å². The van der Waals surface area contributed by atoms with Gasteiger partial charge in [-0.3, -0.25) is 0 Å². The highest BCUT2D eigenvalue weighted by Crippen LogP contribution is 2.32. The first-order valence-corrected chi connectivity index (χ1v) is 7.74. The zero-order chi connectivity index (χ0) is 14.6. The summed E-state index contributed by atoms with van der Waals surface area (Å²) in [5.74, 6) is -0.128. The molecule has 2 atom stereocenters. The summed E-state index contributed by atoms with van der Waals surface area (Å²) in [7, 11) is 0. The maximum atomic E-state index is 13.8. The van der Waals surface area contributed by atoms with Crippen LogP contribution in [0.4, 0.5) is 4.39 Å². The fourth-order valence-corrected chi connectivity index (χ4v) is 3.18. The van der Waals surface area contributed by atoms with Crippen LogP contribution in [0.2, 0.25) is 0 Å². The second kappa shape index (κ2) is 6.68. The standard InChI is InChI=1S/C17H26FNO/c1-4-17(5-2)12-14(10-11-20-17)19-13(3)15-8-6-7-9-16(15)18/h6-9,13-14,19H,4-5,10-12H2,1-3H3. The molecule has 3 heteroatoms. The SMILES string of the molecule is CCC1(CC)CC(NC(C)c2ccccc2F)CCO1. The molecule has 0 spiro atoms. The van der Waals surface area contributed by atoms with Crippen molar-refractivity contribution in [1.82, 2.24) is 5.32 Å². The number of hydrogen-bond donors (Lipinski definition) is 1. The van der Waals surface area contributed by atoms with E-state index in [9.17, 15) is 4.39 Å². The van der Waals surface area contributed by atoms with Gasteiger partial charge in [-0.15, -0.1) is 0 Å². The zero-order valence-corrected chi connectivity index (χ0v) is 12.8. The summed E-state index contributed by atoms with van der Waals surface area (Å²) in [6.45, 7) is 7.20. The molecule has 0 aliphatic carbocycles. The molecule has 2 rings (SSSR count). The van der Waals surface area contributed by atoms with E-state index in [1.54, 1.807) is 6.07 Å². The van der Waals surface area contributed by atoms with Gasteiger partial charge in [0.05, 0.1) is 5.60 Å².